The smallest absolute Gasteiger partial charge is 0.340 e. The second-order valence-electron chi connectivity index (χ2n) is 6.58. The lowest BCUT2D eigenvalue weighted by molar-refractivity contribution is 0.0527. The number of benzene rings is 2. The quantitative estimate of drug-likeness (QED) is 0.588. The highest BCUT2D eigenvalue weighted by molar-refractivity contribution is 6.04. The van der Waals surface area contributed by atoms with Gasteiger partial charge in [-0.05, 0) is 68.3 Å². The molecule has 148 valence electrons. The van der Waals surface area contributed by atoms with Crippen molar-refractivity contribution >= 4 is 29.1 Å². The van der Waals surface area contributed by atoms with Gasteiger partial charge < -0.3 is 15.4 Å². The fraction of sp³-hybridized carbons (Fsp3) is 0.174. The van der Waals surface area contributed by atoms with Crippen molar-refractivity contribution in [1.82, 2.24) is 4.98 Å². The number of hydrogen-bond acceptors (Lipinski definition) is 5. The number of anilines is 3. The molecule has 2 aromatic carbocycles. The molecular weight excluding hydrogens is 366 g/mol. The van der Waals surface area contributed by atoms with E-state index >= 15 is 0 Å². The van der Waals surface area contributed by atoms with Crippen molar-refractivity contribution in [3.8, 4) is 0 Å². The van der Waals surface area contributed by atoms with Gasteiger partial charge in [0.15, 0.2) is 0 Å². The van der Waals surface area contributed by atoms with Crippen LogP contribution in [0.25, 0.3) is 0 Å². The first-order valence-electron chi connectivity index (χ1n) is 9.35. The van der Waals surface area contributed by atoms with E-state index < -0.39 is 5.97 Å². The molecule has 0 saturated heterocycles. The van der Waals surface area contributed by atoms with Crippen LogP contribution in [0.15, 0.2) is 60.8 Å². The Morgan fingerprint density at radius 1 is 1.00 bits per heavy atom. The molecule has 6 nitrogen and oxygen atoms in total. The summed E-state index contributed by atoms with van der Waals surface area (Å²) < 4.78 is 5.08. The molecule has 0 bridgehead atoms. The van der Waals surface area contributed by atoms with Crippen LogP contribution in [0.1, 0.15) is 38.8 Å². The number of nitrogens with one attached hydrogen (secondary N) is 2. The van der Waals surface area contributed by atoms with Gasteiger partial charge in [0.1, 0.15) is 5.82 Å². The number of nitrogens with zero attached hydrogens (tertiary/aromatic N) is 1. The van der Waals surface area contributed by atoms with Crippen LogP contribution in [0.3, 0.4) is 0 Å². The van der Waals surface area contributed by atoms with Crippen molar-refractivity contribution in [3.05, 3.63) is 83.0 Å². The van der Waals surface area contributed by atoms with E-state index in [2.05, 4.69) is 15.6 Å². The van der Waals surface area contributed by atoms with E-state index in [1.54, 1.807) is 37.3 Å². The molecule has 1 aromatic heterocycles. The molecule has 0 atom stereocenters. The van der Waals surface area contributed by atoms with Gasteiger partial charge in [-0.15, -0.1) is 0 Å². The summed E-state index contributed by atoms with van der Waals surface area (Å²) in [6.45, 7) is 6.09. The number of esters is 1. The summed E-state index contributed by atoms with van der Waals surface area (Å²) in [6, 6.07) is 16.2. The molecule has 3 aromatic rings. The Bertz CT molecular complexity index is 1030. The van der Waals surface area contributed by atoms with E-state index in [1.165, 1.54) is 11.8 Å². The van der Waals surface area contributed by atoms with Gasteiger partial charge in [-0.3, -0.25) is 4.79 Å². The van der Waals surface area contributed by atoms with Gasteiger partial charge in [-0.1, -0.05) is 18.2 Å². The minimum absolute atomic E-state index is 0.237. The van der Waals surface area contributed by atoms with Crippen LogP contribution in [0.4, 0.5) is 17.2 Å². The van der Waals surface area contributed by atoms with Gasteiger partial charge in [0, 0.05) is 11.9 Å². The number of rotatable bonds is 6. The minimum Gasteiger partial charge on any atom is -0.462 e. The Balaban J connectivity index is 1.71. The van der Waals surface area contributed by atoms with Crippen LogP contribution >= 0.6 is 0 Å². The van der Waals surface area contributed by atoms with E-state index in [0.29, 0.717) is 29.2 Å². The molecule has 3 rings (SSSR count). The van der Waals surface area contributed by atoms with Crippen molar-refractivity contribution in [2.45, 2.75) is 20.8 Å². The molecule has 6 heteroatoms. The fourth-order valence-corrected chi connectivity index (χ4v) is 2.74. The van der Waals surface area contributed by atoms with Gasteiger partial charge in [0.05, 0.1) is 23.4 Å². The van der Waals surface area contributed by atoms with Crippen molar-refractivity contribution < 1.29 is 14.3 Å². The van der Waals surface area contributed by atoms with Crippen LogP contribution in [-0.2, 0) is 4.74 Å². The molecule has 0 aliphatic carbocycles. The lowest BCUT2D eigenvalue weighted by Gasteiger charge is -2.11. The molecule has 0 saturated carbocycles. The summed E-state index contributed by atoms with van der Waals surface area (Å²) in [5, 5.41) is 5.97. The molecule has 0 aliphatic heterocycles. The van der Waals surface area contributed by atoms with Crippen molar-refractivity contribution in [2.24, 2.45) is 0 Å². The Morgan fingerprint density at radius 3 is 2.48 bits per heavy atom. The molecule has 0 radical (unpaired) electrons. The van der Waals surface area contributed by atoms with E-state index in [1.807, 2.05) is 38.1 Å². The van der Waals surface area contributed by atoms with Gasteiger partial charge in [-0.25, -0.2) is 9.78 Å². The zero-order valence-corrected chi connectivity index (χ0v) is 16.7. The summed E-state index contributed by atoms with van der Waals surface area (Å²) in [5.41, 5.74) is 4.47. The number of pyridine rings is 1. The highest BCUT2D eigenvalue weighted by Gasteiger charge is 2.13. The zero-order chi connectivity index (χ0) is 20.8. The van der Waals surface area contributed by atoms with Gasteiger partial charge in [-0.2, -0.15) is 0 Å². The third-order valence-corrected chi connectivity index (χ3v) is 4.48. The Labute approximate surface area is 169 Å². The first-order valence-corrected chi connectivity index (χ1v) is 9.35. The Morgan fingerprint density at radius 2 is 1.79 bits per heavy atom. The van der Waals surface area contributed by atoms with Gasteiger partial charge in [0.25, 0.3) is 5.91 Å². The second kappa shape index (κ2) is 9.01. The molecule has 1 heterocycles. The Hall–Kier alpha value is -3.67. The molecule has 1 amide bonds. The topological polar surface area (TPSA) is 80.3 Å². The van der Waals surface area contributed by atoms with Crippen LogP contribution in [-0.4, -0.2) is 23.5 Å². The summed E-state index contributed by atoms with van der Waals surface area (Å²) >= 11 is 0. The lowest BCUT2D eigenvalue weighted by atomic mass is 10.1. The third-order valence-electron chi connectivity index (χ3n) is 4.48. The van der Waals surface area contributed by atoms with E-state index in [-0.39, 0.29) is 5.91 Å². The largest absolute Gasteiger partial charge is 0.462 e. The van der Waals surface area contributed by atoms with Crippen molar-refractivity contribution in [1.29, 1.82) is 0 Å². The first-order chi connectivity index (χ1) is 14.0. The lowest BCUT2D eigenvalue weighted by Crippen LogP contribution is -2.12. The van der Waals surface area contributed by atoms with Crippen LogP contribution in [0, 0.1) is 13.8 Å². The van der Waals surface area contributed by atoms with Crippen LogP contribution in [0.2, 0.25) is 0 Å². The number of aryl methyl sites for hydroxylation is 2. The number of aromatic nitrogens is 1. The van der Waals surface area contributed by atoms with Crippen molar-refractivity contribution in [2.75, 3.05) is 17.2 Å². The highest BCUT2D eigenvalue weighted by Crippen LogP contribution is 2.21. The zero-order valence-electron chi connectivity index (χ0n) is 16.7. The Kier molecular flexibility index (Phi) is 6.24. The van der Waals surface area contributed by atoms with Crippen LogP contribution < -0.4 is 10.6 Å². The maximum atomic E-state index is 12.5. The second-order valence-corrected chi connectivity index (χ2v) is 6.58. The molecule has 2 N–H and O–H groups in total. The molecule has 0 unspecified atom stereocenters. The molecule has 0 fully saturated rings. The molecule has 29 heavy (non-hydrogen) atoms. The standard InChI is InChI=1S/C23H23N3O3/c1-4-29-23(28)19-7-5-6-8-20(19)26-21-12-10-17(14-24-21)22(27)25-18-11-9-15(2)16(3)13-18/h5-14H,4H2,1-3H3,(H,24,26)(H,25,27). The normalized spacial score (nSPS) is 10.3. The van der Waals surface area contributed by atoms with Crippen molar-refractivity contribution in [3.63, 3.8) is 0 Å². The minimum atomic E-state index is -0.403. The molecular formula is C23H23N3O3. The number of carbonyl (C=O) groups excluding carboxylic acids is 2. The maximum Gasteiger partial charge on any atom is 0.340 e. The maximum absolute atomic E-state index is 12.5. The first kappa shape index (κ1) is 20.1. The number of hydrogen-bond donors (Lipinski definition) is 2. The van der Waals surface area contributed by atoms with Gasteiger partial charge in [0.2, 0.25) is 0 Å². The average molecular weight is 389 g/mol. The predicted molar refractivity (Wildman–Crippen MR) is 114 cm³/mol. The SMILES string of the molecule is CCOC(=O)c1ccccc1Nc1ccc(C(=O)Nc2ccc(C)c(C)c2)cn1. The highest BCUT2D eigenvalue weighted by atomic mass is 16.5. The van der Waals surface area contributed by atoms with E-state index in [0.717, 1.165) is 11.3 Å². The molecule has 0 spiro atoms. The summed E-state index contributed by atoms with van der Waals surface area (Å²) in [5.74, 6) is -0.122. The number of ether oxygens (including phenoxy) is 1. The van der Waals surface area contributed by atoms with E-state index in [9.17, 15) is 9.59 Å². The average Bonchev–Trinajstić information content (AvgIpc) is 2.72. The predicted octanol–water partition coefficient (Wildman–Crippen LogP) is 4.87. The van der Waals surface area contributed by atoms with E-state index in [4.69, 9.17) is 4.74 Å². The molecule has 0 aliphatic rings. The summed E-state index contributed by atoms with van der Waals surface area (Å²) in [4.78, 5) is 28.8. The summed E-state index contributed by atoms with van der Waals surface area (Å²) in [7, 11) is 0. The van der Waals surface area contributed by atoms with Gasteiger partial charge >= 0.3 is 5.97 Å². The number of para-hydroxylation sites is 1. The summed E-state index contributed by atoms with van der Waals surface area (Å²) in [6.07, 6.45) is 1.49. The van der Waals surface area contributed by atoms with Crippen LogP contribution in [0.5, 0.6) is 0 Å². The monoisotopic (exact) mass is 389 g/mol. The number of amides is 1. The number of carbonyl (C=O) groups is 2. The third kappa shape index (κ3) is 4.99. The fourth-order valence-electron chi connectivity index (χ4n) is 2.74.